The van der Waals surface area contributed by atoms with Crippen LogP contribution in [0, 0.1) is 0 Å². The smallest absolute Gasteiger partial charge is 0.228 e. The van der Waals surface area contributed by atoms with Crippen LogP contribution in [0.2, 0.25) is 0 Å². The third-order valence-electron chi connectivity index (χ3n) is 8.51. The Morgan fingerprint density at radius 3 is 2.43 bits per heavy atom. The fraction of sp³-hybridized carbons (Fsp3) is 0.429. The molecule has 1 aliphatic carbocycles. The van der Waals surface area contributed by atoms with Crippen molar-refractivity contribution in [1.82, 2.24) is 15.5 Å². The molecule has 2 amide bonds. The second-order valence-electron chi connectivity index (χ2n) is 11.7. The lowest BCUT2D eigenvalue weighted by atomic mass is 9.87. The van der Waals surface area contributed by atoms with Gasteiger partial charge in [-0.25, -0.2) is 0 Å². The number of nitrogens with one attached hydrogen (secondary N) is 2. The van der Waals surface area contributed by atoms with E-state index in [-0.39, 0.29) is 18.2 Å². The van der Waals surface area contributed by atoms with Gasteiger partial charge >= 0.3 is 0 Å². The first-order valence-electron chi connectivity index (χ1n) is 15.5. The molecule has 3 aromatic rings. The van der Waals surface area contributed by atoms with Gasteiger partial charge in [0.1, 0.15) is 12.4 Å². The highest BCUT2D eigenvalue weighted by Crippen LogP contribution is 2.33. The Morgan fingerprint density at radius 1 is 1.00 bits per heavy atom. The Bertz CT molecular complexity index is 1360. The number of fused-ring (bicyclic) bond motifs is 1. The van der Waals surface area contributed by atoms with Gasteiger partial charge in [-0.15, -0.1) is 0 Å². The number of nitrogens with zero attached hydrogens (tertiary/aromatic N) is 1. The van der Waals surface area contributed by atoms with Gasteiger partial charge in [0.2, 0.25) is 11.8 Å². The lowest BCUT2D eigenvalue weighted by Gasteiger charge is -2.29. The number of ether oxygens (including phenoxy) is 2. The van der Waals surface area contributed by atoms with Crippen molar-refractivity contribution >= 4 is 11.8 Å². The van der Waals surface area contributed by atoms with E-state index < -0.39 is 30.2 Å². The molecule has 1 fully saturated rings. The summed E-state index contributed by atoms with van der Waals surface area (Å²) in [5, 5.41) is 28.3. The number of hydrogen-bond donors (Lipinski definition) is 4. The van der Waals surface area contributed by atoms with E-state index in [1.54, 1.807) is 0 Å². The Kier molecular flexibility index (Phi) is 11.0. The van der Waals surface area contributed by atoms with Gasteiger partial charge in [0.15, 0.2) is 0 Å². The second kappa shape index (κ2) is 15.3. The van der Waals surface area contributed by atoms with Crippen molar-refractivity contribution in [2.75, 3.05) is 39.5 Å². The van der Waals surface area contributed by atoms with Crippen LogP contribution in [0.5, 0.6) is 5.75 Å². The SMILES string of the molecule is CC(=O)N[C@@H](Cc1ccccc1)[C@@H](O)C[C@@H](C(=O)N[C@H]1c2ccccc2C[C@H]1O)c1ccc(OCCN2CCOCC2)cc1. The van der Waals surface area contributed by atoms with Crippen LogP contribution in [-0.2, 0) is 27.2 Å². The van der Waals surface area contributed by atoms with E-state index in [4.69, 9.17) is 9.47 Å². The zero-order valence-corrected chi connectivity index (χ0v) is 25.2. The third kappa shape index (κ3) is 8.45. The molecule has 0 bridgehead atoms. The molecule has 9 nitrogen and oxygen atoms in total. The minimum Gasteiger partial charge on any atom is -0.492 e. The first kappa shape index (κ1) is 31.7. The fourth-order valence-electron chi connectivity index (χ4n) is 6.13. The van der Waals surface area contributed by atoms with E-state index in [1.165, 1.54) is 6.92 Å². The molecule has 1 heterocycles. The quantitative estimate of drug-likeness (QED) is 0.238. The molecule has 0 spiro atoms. The monoisotopic (exact) mass is 601 g/mol. The van der Waals surface area contributed by atoms with Gasteiger partial charge < -0.3 is 30.3 Å². The number of carbonyl (C=O) groups is 2. The molecule has 5 rings (SSSR count). The van der Waals surface area contributed by atoms with Crippen LogP contribution in [-0.4, -0.2) is 84.6 Å². The molecule has 1 aliphatic heterocycles. The van der Waals surface area contributed by atoms with Crippen LogP contribution >= 0.6 is 0 Å². The highest BCUT2D eigenvalue weighted by molar-refractivity contribution is 5.84. The summed E-state index contributed by atoms with van der Waals surface area (Å²) in [5.74, 6) is -0.594. The first-order chi connectivity index (χ1) is 21.4. The minimum atomic E-state index is -1.01. The number of rotatable bonds is 13. The van der Waals surface area contributed by atoms with E-state index >= 15 is 0 Å². The zero-order chi connectivity index (χ0) is 30.9. The lowest BCUT2D eigenvalue weighted by molar-refractivity contribution is -0.125. The maximum atomic E-state index is 14.0. The van der Waals surface area contributed by atoms with E-state index in [1.807, 2.05) is 78.9 Å². The highest BCUT2D eigenvalue weighted by Gasteiger charge is 2.35. The average Bonchev–Trinajstić information content (AvgIpc) is 3.35. The Hall–Kier alpha value is -3.76. The maximum Gasteiger partial charge on any atom is 0.228 e. The Labute approximate surface area is 259 Å². The molecule has 2 aliphatic rings. The molecule has 1 saturated heterocycles. The number of aliphatic hydroxyl groups is 2. The molecule has 0 radical (unpaired) electrons. The normalized spacial score (nSPS) is 20.2. The second-order valence-corrected chi connectivity index (χ2v) is 11.7. The molecule has 234 valence electrons. The van der Waals surface area contributed by atoms with Gasteiger partial charge in [-0.3, -0.25) is 14.5 Å². The summed E-state index contributed by atoms with van der Waals surface area (Å²) in [6.07, 6.45) is -0.798. The summed E-state index contributed by atoms with van der Waals surface area (Å²) in [4.78, 5) is 28.4. The van der Waals surface area contributed by atoms with Crippen molar-refractivity contribution in [2.24, 2.45) is 0 Å². The molecule has 0 saturated carbocycles. The number of hydrogen-bond acceptors (Lipinski definition) is 7. The van der Waals surface area contributed by atoms with E-state index in [0.29, 0.717) is 30.8 Å². The summed E-state index contributed by atoms with van der Waals surface area (Å²) in [6.45, 7) is 6.03. The molecular weight excluding hydrogens is 558 g/mol. The van der Waals surface area contributed by atoms with E-state index in [0.717, 1.165) is 49.5 Å². The molecular formula is C35H43N3O6. The van der Waals surface area contributed by atoms with Gasteiger partial charge in [-0.05, 0) is 47.2 Å². The predicted octanol–water partition coefficient (Wildman–Crippen LogP) is 2.75. The minimum absolute atomic E-state index is 0.0747. The van der Waals surface area contributed by atoms with Gasteiger partial charge in [0, 0.05) is 33.0 Å². The van der Waals surface area contributed by atoms with Crippen LogP contribution in [0.1, 0.15) is 47.6 Å². The van der Waals surface area contributed by atoms with Crippen molar-refractivity contribution < 1.29 is 29.3 Å². The number of benzene rings is 3. The Morgan fingerprint density at radius 2 is 1.70 bits per heavy atom. The standard InChI is InChI=1S/C35H43N3O6/c1-24(39)36-31(21-25-7-3-2-4-8-25)32(40)23-30(35(42)37-34-29-10-6-5-9-27(29)22-33(34)41)26-11-13-28(14-12-26)44-20-17-38-15-18-43-19-16-38/h2-14,30-34,40-41H,15-23H2,1H3,(H,36,39)(H,37,42)/t30-,31+,32+,33-,34+/m1/s1. The fourth-order valence-corrected chi connectivity index (χ4v) is 6.13. The Balaban J connectivity index is 1.32. The van der Waals surface area contributed by atoms with Crippen LogP contribution in [0.25, 0.3) is 0 Å². The van der Waals surface area contributed by atoms with Crippen molar-refractivity contribution in [1.29, 1.82) is 0 Å². The zero-order valence-electron chi connectivity index (χ0n) is 25.2. The molecule has 9 heteroatoms. The van der Waals surface area contributed by atoms with Crippen molar-refractivity contribution in [3.63, 3.8) is 0 Å². The van der Waals surface area contributed by atoms with Crippen molar-refractivity contribution in [3.8, 4) is 5.75 Å². The molecule has 0 aromatic heterocycles. The number of aliphatic hydroxyl groups excluding tert-OH is 2. The summed E-state index contributed by atoms with van der Waals surface area (Å²) >= 11 is 0. The number of amides is 2. The largest absolute Gasteiger partial charge is 0.492 e. The predicted molar refractivity (Wildman–Crippen MR) is 167 cm³/mol. The molecule has 5 atom stereocenters. The summed E-state index contributed by atoms with van der Waals surface area (Å²) in [6, 6.07) is 23.6. The van der Waals surface area contributed by atoms with Crippen molar-refractivity contribution in [3.05, 3.63) is 101 Å². The maximum absolute atomic E-state index is 14.0. The summed E-state index contributed by atoms with van der Waals surface area (Å²) < 4.78 is 11.4. The van der Waals surface area contributed by atoms with Crippen LogP contribution < -0.4 is 15.4 Å². The van der Waals surface area contributed by atoms with E-state index in [2.05, 4.69) is 15.5 Å². The number of morpholine rings is 1. The van der Waals surface area contributed by atoms with Gasteiger partial charge in [0.05, 0.1) is 43.4 Å². The van der Waals surface area contributed by atoms with Gasteiger partial charge in [-0.2, -0.15) is 0 Å². The first-order valence-corrected chi connectivity index (χ1v) is 15.5. The molecule has 3 aromatic carbocycles. The van der Waals surface area contributed by atoms with Crippen LogP contribution in [0.3, 0.4) is 0 Å². The third-order valence-corrected chi connectivity index (χ3v) is 8.51. The summed E-state index contributed by atoms with van der Waals surface area (Å²) in [5.41, 5.74) is 3.59. The molecule has 44 heavy (non-hydrogen) atoms. The van der Waals surface area contributed by atoms with Gasteiger partial charge in [-0.1, -0.05) is 66.7 Å². The molecule has 4 N–H and O–H groups in total. The topological polar surface area (TPSA) is 120 Å². The highest BCUT2D eigenvalue weighted by atomic mass is 16.5. The number of carbonyl (C=O) groups excluding carboxylic acids is 2. The summed E-state index contributed by atoms with van der Waals surface area (Å²) in [7, 11) is 0. The van der Waals surface area contributed by atoms with Gasteiger partial charge in [0.25, 0.3) is 0 Å². The van der Waals surface area contributed by atoms with Crippen LogP contribution in [0.4, 0.5) is 0 Å². The van der Waals surface area contributed by atoms with Crippen molar-refractivity contribution in [2.45, 2.75) is 56.4 Å². The molecule has 0 unspecified atom stereocenters. The average molecular weight is 602 g/mol. The lowest BCUT2D eigenvalue weighted by Crippen LogP contribution is -2.46. The van der Waals surface area contributed by atoms with E-state index in [9.17, 15) is 19.8 Å². The van der Waals surface area contributed by atoms with Crippen LogP contribution in [0.15, 0.2) is 78.9 Å².